The van der Waals surface area contributed by atoms with Gasteiger partial charge in [0.2, 0.25) is 11.8 Å². The highest BCUT2D eigenvalue weighted by Gasteiger charge is 2.25. The fourth-order valence-corrected chi connectivity index (χ4v) is 3.04. The standard InChI is InChI=1S/C18H24N8O/c1-18(2,3)16-19-15(27-21-16)13-24-9-11-25(12-10-24)17-20-22-23-26(17)14-7-5-4-6-8-14/h4-8H,9-13H2,1-3H3. The summed E-state index contributed by atoms with van der Waals surface area (Å²) in [6, 6.07) is 9.94. The normalized spacial score (nSPS) is 16.0. The van der Waals surface area contributed by atoms with Gasteiger partial charge in [0.1, 0.15) is 0 Å². The average Bonchev–Trinajstić information content (AvgIpc) is 3.32. The molecular formula is C18H24N8O. The minimum atomic E-state index is -0.102. The lowest BCUT2D eigenvalue weighted by Gasteiger charge is -2.33. The molecule has 0 amide bonds. The molecule has 4 rings (SSSR count). The van der Waals surface area contributed by atoms with Gasteiger partial charge in [0.05, 0.1) is 12.2 Å². The van der Waals surface area contributed by atoms with Gasteiger partial charge in [-0.05, 0) is 22.6 Å². The Morgan fingerprint density at radius 3 is 2.44 bits per heavy atom. The van der Waals surface area contributed by atoms with Crippen LogP contribution in [0.1, 0.15) is 32.5 Å². The van der Waals surface area contributed by atoms with E-state index in [1.54, 1.807) is 4.68 Å². The number of rotatable bonds is 4. The number of benzene rings is 1. The van der Waals surface area contributed by atoms with Crippen molar-refractivity contribution in [2.45, 2.75) is 32.7 Å². The Morgan fingerprint density at radius 2 is 1.78 bits per heavy atom. The molecule has 3 heterocycles. The van der Waals surface area contributed by atoms with Crippen LogP contribution in [0.2, 0.25) is 0 Å². The van der Waals surface area contributed by atoms with Crippen LogP contribution in [0.3, 0.4) is 0 Å². The predicted molar refractivity (Wildman–Crippen MR) is 99.6 cm³/mol. The molecule has 1 saturated heterocycles. The van der Waals surface area contributed by atoms with Crippen molar-refractivity contribution in [3.63, 3.8) is 0 Å². The summed E-state index contributed by atoms with van der Waals surface area (Å²) in [5, 5.41) is 16.3. The van der Waals surface area contributed by atoms with E-state index in [0.717, 1.165) is 43.6 Å². The molecule has 1 aliphatic heterocycles. The van der Waals surface area contributed by atoms with Crippen molar-refractivity contribution in [3.8, 4) is 5.69 Å². The van der Waals surface area contributed by atoms with Crippen LogP contribution in [0.5, 0.6) is 0 Å². The number of piperazine rings is 1. The number of tetrazole rings is 1. The third kappa shape index (κ3) is 3.82. The molecule has 9 nitrogen and oxygen atoms in total. The van der Waals surface area contributed by atoms with Gasteiger partial charge in [-0.1, -0.05) is 49.2 Å². The highest BCUT2D eigenvalue weighted by molar-refractivity contribution is 5.40. The van der Waals surface area contributed by atoms with Gasteiger partial charge in [0, 0.05) is 31.6 Å². The van der Waals surface area contributed by atoms with E-state index in [4.69, 9.17) is 4.52 Å². The van der Waals surface area contributed by atoms with E-state index >= 15 is 0 Å². The average molecular weight is 368 g/mol. The summed E-state index contributed by atoms with van der Waals surface area (Å²) >= 11 is 0. The van der Waals surface area contributed by atoms with Gasteiger partial charge in [-0.15, -0.1) is 0 Å². The molecule has 0 unspecified atom stereocenters. The van der Waals surface area contributed by atoms with E-state index < -0.39 is 0 Å². The van der Waals surface area contributed by atoms with Gasteiger partial charge in [0.25, 0.3) is 0 Å². The lowest BCUT2D eigenvalue weighted by molar-refractivity contribution is 0.214. The van der Waals surface area contributed by atoms with Gasteiger partial charge in [-0.2, -0.15) is 9.67 Å². The molecule has 2 aromatic heterocycles. The van der Waals surface area contributed by atoms with E-state index in [1.807, 2.05) is 30.3 Å². The zero-order valence-electron chi connectivity index (χ0n) is 15.9. The first-order valence-corrected chi connectivity index (χ1v) is 9.15. The monoisotopic (exact) mass is 368 g/mol. The smallest absolute Gasteiger partial charge is 0.250 e. The molecule has 0 bridgehead atoms. The first kappa shape index (κ1) is 17.6. The van der Waals surface area contributed by atoms with Crippen molar-refractivity contribution in [1.82, 2.24) is 35.2 Å². The first-order chi connectivity index (χ1) is 13.0. The Hall–Kier alpha value is -2.81. The molecule has 1 aliphatic rings. The molecule has 0 saturated carbocycles. The van der Waals surface area contributed by atoms with E-state index in [0.29, 0.717) is 12.4 Å². The largest absolute Gasteiger partial charge is 0.338 e. The number of nitrogens with zero attached hydrogens (tertiary/aromatic N) is 8. The second-order valence-electron chi connectivity index (χ2n) is 7.75. The summed E-state index contributed by atoms with van der Waals surface area (Å²) in [5.41, 5.74) is 0.857. The van der Waals surface area contributed by atoms with Crippen molar-refractivity contribution in [2.24, 2.45) is 0 Å². The summed E-state index contributed by atoms with van der Waals surface area (Å²) < 4.78 is 7.20. The van der Waals surface area contributed by atoms with Gasteiger partial charge >= 0.3 is 0 Å². The quantitative estimate of drug-likeness (QED) is 0.687. The number of para-hydroxylation sites is 1. The maximum Gasteiger partial charge on any atom is 0.250 e. The molecule has 0 atom stereocenters. The lowest BCUT2D eigenvalue weighted by atomic mass is 9.96. The molecule has 0 spiro atoms. The topological polar surface area (TPSA) is 89.0 Å². The third-order valence-electron chi connectivity index (χ3n) is 4.61. The summed E-state index contributed by atoms with van der Waals surface area (Å²) in [4.78, 5) is 9.05. The molecule has 27 heavy (non-hydrogen) atoms. The third-order valence-corrected chi connectivity index (χ3v) is 4.61. The van der Waals surface area contributed by atoms with Crippen LogP contribution in [0, 0.1) is 0 Å². The van der Waals surface area contributed by atoms with Crippen LogP contribution >= 0.6 is 0 Å². The van der Waals surface area contributed by atoms with Crippen molar-refractivity contribution in [1.29, 1.82) is 0 Å². The van der Waals surface area contributed by atoms with E-state index in [2.05, 4.69) is 56.2 Å². The Morgan fingerprint density at radius 1 is 1.04 bits per heavy atom. The van der Waals surface area contributed by atoms with Gasteiger partial charge < -0.3 is 9.42 Å². The van der Waals surface area contributed by atoms with Crippen molar-refractivity contribution >= 4 is 5.95 Å². The van der Waals surface area contributed by atoms with Crippen LogP contribution in [-0.4, -0.2) is 61.4 Å². The Bertz CT molecular complexity index is 874. The fraction of sp³-hybridized carbons (Fsp3) is 0.500. The van der Waals surface area contributed by atoms with Crippen LogP contribution in [0.15, 0.2) is 34.9 Å². The second kappa shape index (κ2) is 7.07. The molecule has 0 radical (unpaired) electrons. The molecule has 1 fully saturated rings. The van der Waals surface area contributed by atoms with Crippen molar-refractivity contribution < 1.29 is 4.52 Å². The minimum Gasteiger partial charge on any atom is -0.338 e. The van der Waals surface area contributed by atoms with E-state index in [1.165, 1.54) is 0 Å². The molecule has 1 aromatic carbocycles. The van der Waals surface area contributed by atoms with Crippen LogP contribution in [0.4, 0.5) is 5.95 Å². The Kier molecular flexibility index (Phi) is 4.61. The van der Waals surface area contributed by atoms with Crippen LogP contribution in [-0.2, 0) is 12.0 Å². The maximum atomic E-state index is 5.42. The highest BCUT2D eigenvalue weighted by atomic mass is 16.5. The SMILES string of the molecule is CC(C)(C)c1noc(CN2CCN(c3nnnn3-c3ccccc3)CC2)n1. The van der Waals surface area contributed by atoms with Crippen LogP contribution < -0.4 is 4.90 Å². The molecular weight excluding hydrogens is 344 g/mol. The highest BCUT2D eigenvalue weighted by Crippen LogP contribution is 2.20. The summed E-state index contributed by atoms with van der Waals surface area (Å²) in [7, 11) is 0. The minimum absolute atomic E-state index is 0.102. The summed E-state index contributed by atoms with van der Waals surface area (Å²) in [6.45, 7) is 10.4. The number of hydrogen-bond donors (Lipinski definition) is 0. The predicted octanol–water partition coefficient (Wildman–Crippen LogP) is 1.66. The van der Waals surface area contributed by atoms with Crippen LogP contribution in [0.25, 0.3) is 5.69 Å². The van der Waals surface area contributed by atoms with Gasteiger partial charge in [0.15, 0.2) is 5.82 Å². The van der Waals surface area contributed by atoms with E-state index in [-0.39, 0.29) is 5.41 Å². The zero-order valence-corrected chi connectivity index (χ0v) is 15.9. The molecule has 0 aliphatic carbocycles. The Labute approximate surface area is 158 Å². The summed E-state index contributed by atoms with van der Waals surface area (Å²) in [6.07, 6.45) is 0. The van der Waals surface area contributed by atoms with Crippen molar-refractivity contribution in [2.75, 3.05) is 31.1 Å². The van der Waals surface area contributed by atoms with Crippen molar-refractivity contribution in [3.05, 3.63) is 42.0 Å². The molecule has 9 heteroatoms. The second-order valence-corrected chi connectivity index (χ2v) is 7.75. The molecule has 0 N–H and O–H groups in total. The molecule has 3 aromatic rings. The Balaban J connectivity index is 1.39. The fourth-order valence-electron chi connectivity index (χ4n) is 3.04. The summed E-state index contributed by atoms with van der Waals surface area (Å²) in [5.74, 6) is 2.19. The van der Waals surface area contributed by atoms with Gasteiger partial charge in [-0.3, -0.25) is 4.90 Å². The number of hydrogen-bond acceptors (Lipinski definition) is 8. The molecule has 142 valence electrons. The first-order valence-electron chi connectivity index (χ1n) is 9.15. The van der Waals surface area contributed by atoms with Gasteiger partial charge in [-0.25, -0.2) is 0 Å². The van der Waals surface area contributed by atoms with E-state index in [9.17, 15) is 0 Å². The number of anilines is 1. The zero-order chi connectivity index (χ0) is 18.9. The lowest BCUT2D eigenvalue weighted by Crippen LogP contribution is -2.46. The maximum absolute atomic E-state index is 5.42. The number of aromatic nitrogens is 6.